The van der Waals surface area contributed by atoms with Gasteiger partial charge in [-0.3, -0.25) is 0 Å². The van der Waals surface area contributed by atoms with Gasteiger partial charge in [-0.05, 0) is 31.0 Å². The first-order valence-electron chi connectivity index (χ1n) is 5.68. The number of carbonyl (C=O) groups excluding carboxylic acids is 1. The van der Waals surface area contributed by atoms with Crippen molar-refractivity contribution in [2.75, 3.05) is 5.32 Å². The van der Waals surface area contributed by atoms with E-state index < -0.39 is 0 Å². The summed E-state index contributed by atoms with van der Waals surface area (Å²) in [6, 6.07) is 5.49. The molecular weight excluding hydrogens is 304 g/mol. The van der Waals surface area contributed by atoms with Crippen LogP contribution in [0.2, 0.25) is 5.02 Å². The van der Waals surface area contributed by atoms with Crippen LogP contribution in [-0.4, -0.2) is 12.1 Å². The first kappa shape index (κ1) is 12.7. The van der Waals surface area contributed by atoms with Crippen molar-refractivity contribution in [2.24, 2.45) is 0 Å². The Hall–Kier alpha value is -0.740. The number of anilines is 1. The molecular formula is C12H14BrClN2O. The molecule has 0 atom stereocenters. The minimum Gasteiger partial charge on any atom is -0.335 e. The lowest BCUT2D eigenvalue weighted by molar-refractivity contribution is 0.248. The fourth-order valence-corrected chi connectivity index (χ4v) is 2.53. The number of hydrogen-bond acceptors (Lipinski definition) is 1. The molecule has 92 valence electrons. The molecule has 1 aliphatic rings. The summed E-state index contributed by atoms with van der Waals surface area (Å²) in [6.45, 7) is 0. The Bertz CT molecular complexity index is 419. The summed E-state index contributed by atoms with van der Waals surface area (Å²) >= 11 is 9.34. The van der Waals surface area contributed by atoms with Crippen LogP contribution in [0.4, 0.5) is 10.5 Å². The molecule has 0 aromatic heterocycles. The van der Waals surface area contributed by atoms with Crippen LogP contribution in [-0.2, 0) is 0 Å². The maximum Gasteiger partial charge on any atom is 0.319 e. The molecule has 1 aliphatic carbocycles. The van der Waals surface area contributed by atoms with Crippen molar-refractivity contribution in [1.82, 2.24) is 5.32 Å². The molecule has 3 nitrogen and oxygen atoms in total. The summed E-state index contributed by atoms with van der Waals surface area (Å²) in [4.78, 5) is 11.7. The summed E-state index contributed by atoms with van der Waals surface area (Å²) in [5, 5.41) is 6.25. The van der Waals surface area contributed by atoms with E-state index in [2.05, 4.69) is 26.6 Å². The van der Waals surface area contributed by atoms with Gasteiger partial charge in [-0.25, -0.2) is 4.79 Å². The molecule has 1 saturated carbocycles. The highest BCUT2D eigenvalue weighted by Crippen LogP contribution is 2.25. The number of carbonyl (C=O) groups is 1. The van der Waals surface area contributed by atoms with E-state index in [-0.39, 0.29) is 6.03 Å². The van der Waals surface area contributed by atoms with Crippen LogP contribution < -0.4 is 10.6 Å². The minimum absolute atomic E-state index is 0.183. The first-order chi connectivity index (χ1) is 8.15. The molecule has 0 heterocycles. The van der Waals surface area contributed by atoms with E-state index in [0.29, 0.717) is 16.8 Å². The third-order valence-electron chi connectivity index (χ3n) is 2.87. The Balaban J connectivity index is 1.95. The number of urea groups is 1. The second kappa shape index (κ2) is 5.74. The maximum absolute atomic E-state index is 11.7. The fraction of sp³-hybridized carbons (Fsp3) is 0.417. The SMILES string of the molecule is O=C(Nc1cc(Br)ccc1Cl)NC1CCCC1. The molecule has 0 radical (unpaired) electrons. The summed E-state index contributed by atoms with van der Waals surface area (Å²) < 4.78 is 0.887. The second-order valence-corrected chi connectivity index (χ2v) is 5.53. The average Bonchev–Trinajstić information content (AvgIpc) is 2.76. The van der Waals surface area contributed by atoms with E-state index in [9.17, 15) is 4.79 Å². The summed E-state index contributed by atoms with van der Waals surface area (Å²) in [6.07, 6.45) is 4.53. The van der Waals surface area contributed by atoms with Crippen molar-refractivity contribution in [3.05, 3.63) is 27.7 Å². The molecule has 1 aromatic carbocycles. The third kappa shape index (κ3) is 3.61. The number of benzene rings is 1. The monoisotopic (exact) mass is 316 g/mol. The lowest BCUT2D eigenvalue weighted by Gasteiger charge is -2.13. The van der Waals surface area contributed by atoms with Crippen LogP contribution in [0.25, 0.3) is 0 Å². The Morgan fingerprint density at radius 3 is 2.76 bits per heavy atom. The van der Waals surface area contributed by atoms with Gasteiger partial charge in [0, 0.05) is 10.5 Å². The number of rotatable bonds is 2. The number of nitrogens with one attached hydrogen (secondary N) is 2. The zero-order chi connectivity index (χ0) is 12.3. The molecule has 0 spiro atoms. The topological polar surface area (TPSA) is 41.1 Å². The molecule has 1 aromatic rings. The third-order valence-corrected chi connectivity index (χ3v) is 3.69. The molecule has 2 amide bonds. The van der Waals surface area contributed by atoms with Crippen LogP contribution in [0.15, 0.2) is 22.7 Å². The lowest BCUT2D eigenvalue weighted by atomic mass is 10.2. The normalized spacial score (nSPS) is 15.9. The van der Waals surface area contributed by atoms with Crippen molar-refractivity contribution in [2.45, 2.75) is 31.7 Å². The van der Waals surface area contributed by atoms with Gasteiger partial charge < -0.3 is 10.6 Å². The van der Waals surface area contributed by atoms with Gasteiger partial charge in [0.15, 0.2) is 0 Å². The van der Waals surface area contributed by atoms with Gasteiger partial charge in [-0.2, -0.15) is 0 Å². The van der Waals surface area contributed by atoms with E-state index in [1.807, 2.05) is 6.07 Å². The number of hydrogen-bond donors (Lipinski definition) is 2. The zero-order valence-corrected chi connectivity index (χ0v) is 11.6. The predicted molar refractivity (Wildman–Crippen MR) is 73.6 cm³/mol. The highest BCUT2D eigenvalue weighted by Gasteiger charge is 2.17. The largest absolute Gasteiger partial charge is 0.335 e. The van der Waals surface area contributed by atoms with Crippen molar-refractivity contribution in [1.29, 1.82) is 0 Å². The van der Waals surface area contributed by atoms with Gasteiger partial charge in [-0.1, -0.05) is 40.4 Å². The van der Waals surface area contributed by atoms with Gasteiger partial charge in [0.1, 0.15) is 0 Å². The Kier molecular flexibility index (Phi) is 4.29. The van der Waals surface area contributed by atoms with Gasteiger partial charge in [0.2, 0.25) is 0 Å². The Morgan fingerprint density at radius 1 is 1.35 bits per heavy atom. The minimum atomic E-state index is -0.183. The average molecular weight is 318 g/mol. The molecule has 5 heteroatoms. The predicted octanol–water partition coefficient (Wildman–Crippen LogP) is 4.17. The van der Waals surface area contributed by atoms with E-state index in [1.54, 1.807) is 12.1 Å². The van der Waals surface area contributed by atoms with E-state index in [0.717, 1.165) is 17.3 Å². The summed E-state index contributed by atoms with van der Waals surface area (Å²) in [5.41, 5.74) is 0.622. The number of halogens is 2. The van der Waals surface area contributed by atoms with Crippen molar-refractivity contribution >= 4 is 39.2 Å². The summed E-state index contributed by atoms with van der Waals surface area (Å²) in [7, 11) is 0. The zero-order valence-electron chi connectivity index (χ0n) is 9.30. The van der Waals surface area contributed by atoms with E-state index in [4.69, 9.17) is 11.6 Å². The lowest BCUT2D eigenvalue weighted by Crippen LogP contribution is -2.36. The van der Waals surface area contributed by atoms with Gasteiger partial charge in [0.25, 0.3) is 0 Å². The highest BCUT2D eigenvalue weighted by atomic mass is 79.9. The quantitative estimate of drug-likeness (QED) is 0.844. The standard InChI is InChI=1S/C12H14BrClN2O/c13-8-5-6-10(14)11(7-8)16-12(17)15-9-3-1-2-4-9/h5-7,9H,1-4H2,(H2,15,16,17). The Morgan fingerprint density at radius 2 is 2.06 bits per heavy atom. The molecule has 2 rings (SSSR count). The molecule has 0 bridgehead atoms. The molecule has 0 aliphatic heterocycles. The van der Waals surface area contributed by atoms with E-state index in [1.165, 1.54) is 12.8 Å². The summed E-state index contributed by atoms with van der Waals surface area (Å²) in [5.74, 6) is 0. The fourth-order valence-electron chi connectivity index (χ4n) is 2.01. The van der Waals surface area contributed by atoms with Gasteiger partial charge in [0.05, 0.1) is 10.7 Å². The highest BCUT2D eigenvalue weighted by molar-refractivity contribution is 9.10. The van der Waals surface area contributed by atoms with Crippen LogP contribution in [0.3, 0.4) is 0 Å². The molecule has 0 saturated heterocycles. The number of amides is 2. The van der Waals surface area contributed by atoms with Crippen LogP contribution in [0.1, 0.15) is 25.7 Å². The van der Waals surface area contributed by atoms with Gasteiger partial charge in [-0.15, -0.1) is 0 Å². The molecule has 2 N–H and O–H groups in total. The molecule has 1 fully saturated rings. The van der Waals surface area contributed by atoms with Crippen LogP contribution >= 0.6 is 27.5 Å². The van der Waals surface area contributed by atoms with Crippen LogP contribution in [0, 0.1) is 0 Å². The smallest absolute Gasteiger partial charge is 0.319 e. The van der Waals surface area contributed by atoms with Gasteiger partial charge >= 0.3 is 6.03 Å². The second-order valence-electron chi connectivity index (χ2n) is 4.20. The van der Waals surface area contributed by atoms with Crippen molar-refractivity contribution < 1.29 is 4.79 Å². The first-order valence-corrected chi connectivity index (χ1v) is 6.85. The Labute approximate surface area is 114 Å². The van der Waals surface area contributed by atoms with E-state index >= 15 is 0 Å². The molecule has 17 heavy (non-hydrogen) atoms. The van der Waals surface area contributed by atoms with Crippen LogP contribution in [0.5, 0.6) is 0 Å². The van der Waals surface area contributed by atoms with Crippen molar-refractivity contribution in [3.63, 3.8) is 0 Å². The van der Waals surface area contributed by atoms with Crippen molar-refractivity contribution in [3.8, 4) is 0 Å². The maximum atomic E-state index is 11.7. The molecule has 0 unspecified atom stereocenters.